The molecule has 0 unspecified atom stereocenters. The Morgan fingerprint density at radius 2 is 2.04 bits per heavy atom. The Hall–Kier alpha value is -2.94. The van der Waals surface area contributed by atoms with Crippen LogP contribution in [-0.2, 0) is 13.6 Å². The number of aromatic nitrogens is 4. The fourth-order valence-electron chi connectivity index (χ4n) is 2.54. The third-order valence-corrected chi connectivity index (χ3v) is 4.23. The van der Waals surface area contributed by atoms with Crippen LogP contribution in [-0.4, -0.2) is 36.5 Å². The molecule has 0 aliphatic heterocycles. The highest BCUT2D eigenvalue weighted by atomic mass is 79.9. The monoisotopic (exact) mass is 417 g/mol. The van der Waals surface area contributed by atoms with Crippen LogP contribution in [0, 0.1) is 6.92 Å². The molecule has 2 heterocycles. The summed E-state index contributed by atoms with van der Waals surface area (Å²) < 4.78 is 3.56. The number of aromatic carboxylic acids is 1. The maximum absolute atomic E-state index is 12.4. The first-order valence-corrected chi connectivity index (χ1v) is 8.49. The summed E-state index contributed by atoms with van der Waals surface area (Å²) in [5, 5.41) is 20.0. The Morgan fingerprint density at radius 1 is 1.27 bits per heavy atom. The van der Waals surface area contributed by atoms with Gasteiger partial charge in [-0.3, -0.25) is 14.2 Å². The third kappa shape index (κ3) is 3.83. The topological polar surface area (TPSA) is 102 Å². The number of carboxylic acids is 1. The highest BCUT2D eigenvalue weighted by Crippen LogP contribution is 2.22. The van der Waals surface area contributed by atoms with Gasteiger partial charge < -0.3 is 10.4 Å². The molecule has 1 aromatic carbocycles. The quantitative estimate of drug-likeness (QED) is 0.664. The van der Waals surface area contributed by atoms with Gasteiger partial charge in [0.05, 0.1) is 11.0 Å². The first-order valence-electron chi connectivity index (χ1n) is 7.70. The number of rotatable bonds is 5. The van der Waals surface area contributed by atoms with Crippen LogP contribution in [0.5, 0.6) is 0 Å². The molecule has 0 spiro atoms. The Morgan fingerprint density at radius 3 is 2.73 bits per heavy atom. The minimum atomic E-state index is -1.22. The summed E-state index contributed by atoms with van der Waals surface area (Å²) in [5.41, 5.74) is 1.90. The number of nitrogens with one attached hydrogen (secondary N) is 1. The highest BCUT2D eigenvalue weighted by Gasteiger charge is 2.22. The maximum atomic E-state index is 12.4. The van der Waals surface area contributed by atoms with Gasteiger partial charge in [-0.2, -0.15) is 10.2 Å². The summed E-state index contributed by atoms with van der Waals surface area (Å²) in [4.78, 5) is 23.6. The molecule has 3 rings (SSSR count). The molecular weight excluding hydrogens is 402 g/mol. The highest BCUT2D eigenvalue weighted by molar-refractivity contribution is 9.10. The van der Waals surface area contributed by atoms with Gasteiger partial charge in [-0.15, -0.1) is 0 Å². The molecule has 0 fully saturated rings. The van der Waals surface area contributed by atoms with Crippen molar-refractivity contribution in [1.29, 1.82) is 0 Å². The predicted octanol–water partition coefficient (Wildman–Crippen LogP) is 2.69. The minimum Gasteiger partial charge on any atom is -0.478 e. The molecule has 0 aliphatic carbocycles. The summed E-state index contributed by atoms with van der Waals surface area (Å²) in [7, 11) is 1.55. The Balaban J connectivity index is 1.79. The Labute approximate surface area is 157 Å². The fourth-order valence-corrected chi connectivity index (χ4v) is 2.95. The van der Waals surface area contributed by atoms with Gasteiger partial charge in [0, 0.05) is 19.4 Å². The second-order valence-corrected chi connectivity index (χ2v) is 6.69. The number of halogens is 1. The molecule has 0 bridgehead atoms. The lowest BCUT2D eigenvalue weighted by Gasteiger charge is -2.03. The molecule has 2 N–H and O–H groups in total. The molecule has 0 radical (unpaired) electrons. The molecule has 0 atom stereocenters. The van der Waals surface area contributed by atoms with Crippen molar-refractivity contribution < 1.29 is 14.7 Å². The van der Waals surface area contributed by atoms with Crippen molar-refractivity contribution in [2.75, 3.05) is 5.32 Å². The average Bonchev–Trinajstić information content (AvgIpc) is 3.11. The Kier molecular flexibility index (Phi) is 4.90. The molecule has 1 amide bonds. The molecule has 8 nitrogen and oxygen atoms in total. The van der Waals surface area contributed by atoms with Gasteiger partial charge in [0.2, 0.25) is 0 Å². The second-order valence-electron chi connectivity index (χ2n) is 5.84. The van der Waals surface area contributed by atoms with E-state index in [-0.39, 0.29) is 11.3 Å². The summed E-state index contributed by atoms with van der Waals surface area (Å²) in [5.74, 6) is -1.55. The smallest absolute Gasteiger partial charge is 0.339 e. The molecule has 0 aliphatic rings. The van der Waals surface area contributed by atoms with Crippen LogP contribution >= 0.6 is 15.9 Å². The number of anilines is 1. The zero-order valence-corrected chi connectivity index (χ0v) is 15.7. The maximum Gasteiger partial charge on any atom is 0.339 e. The summed E-state index contributed by atoms with van der Waals surface area (Å²) in [6.45, 7) is 2.56. The van der Waals surface area contributed by atoms with Crippen LogP contribution in [0.4, 0.5) is 5.82 Å². The number of carbonyl (C=O) groups is 2. The standard InChI is InChI=1S/C17H16BrN5O3/c1-10-4-3-5-11(6-10)7-23-9-13(18)15(21-23)19-16(24)14-12(17(25)26)8-22(2)20-14/h3-6,8-9H,7H2,1-2H3,(H,25,26)(H,19,21,24). The normalized spacial score (nSPS) is 10.7. The van der Waals surface area contributed by atoms with Crippen molar-refractivity contribution in [3.05, 3.63) is 63.5 Å². The predicted molar refractivity (Wildman–Crippen MR) is 98.3 cm³/mol. The van der Waals surface area contributed by atoms with Gasteiger partial charge in [0.1, 0.15) is 5.56 Å². The van der Waals surface area contributed by atoms with E-state index in [1.807, 2.05) is 25.1 Å². The second kappa shape index (κ2) is 7.12. The molecule has 9 heteroatoms. The third-order valence-electron chi connectivity index (χ3n) is 3.65. The number of amides is 1. The lowest BCUT2D eigenvalue weighted by Crippen LogP contribution is -2.17. The van der Waals surface area contributed by atoms with Crippen molar-refractivity contribution in [3.63, 3.8) is 0 Å². The molecule has 0 saturated heterocycles. The average molecular weight is 418 g/mol. The number of nitrogens with zero attached hydrogens (tertiary/aromatic N) is 4. The molecule has 3 aromatic rings. The van der Waals surface area contributed by atoms with E-state index >= 15 is 0 Å². The fraction of sp³-hybridized carbons (Fsp3) is 0.176. The van der Waals surface area contributed by atoms with Crippen LogP contribution in [0.25, 0.3) is 0 Å². The van der Waals surface area contributed by atoms with Crippen LogP contribution in [0.3, 0.4) is 0 Å². The summed E-state index contributed by atoms with van der Waals surface area (Å²) in [6.07, 6.45) is 3.02. The largest absolute Gasteiger partial charge is 0.478 e. The van der Waals surface area contributed by atoms with Crippen molar-refractivity contribution in [3.8, 4) is 0 Å². The number of hydrogen-bond donors (Lipinski definition) is 2. The summed E-state index contributed by atoms with van der Waals surface area (Å²) in [6, 6.07) is 8.04. The van der Waals surface area contributed by atoms with E-state index in [0.717, 1.165) is 11.1 Å². The molecule has 0 saturated carbocycles. The number of benzene rings is 1. The van der Waals surface area contributed by atoms with E-state index in [9.17, 15) is 14.7 Å². The van der Waals surface area contributed by atoms with E-state index < -0.39 is 11.9 Å². The van der Waals surface area contributed by atoms with Gasteiger partial charge in [-0.25, -0.2) is 4.79 Å². The van der Waals surface area contributed by atoms with Crippen LogP contribution in [0.2, 0.25) is 0 Å². The van der Waals surface area contributed by atoms with E-state index in [0.29, 0.717) is 16.8 Å². The van der Waals surface area contributed by atoms with E-state index in [2.05, 4.69) is 37.5 Å². The van der Waals surface area contributed by atoms with E-state index in [4.69, 9.17) is 0 Å². The lowest BCUT2D eigenvalue weighted by molar-refractivity contribution is 0.0692. The first-order chi connectivity index (χ1) is 12.3. The van der Waals surface area contributed by atoms with Gasteiger partial charge >= 0.3 is 5.97 Å². The SMILES string of the molecule is Cc1cccc(Cn2cc(Br)c(NC(=O)c3nn(C)cc3C(=O)O)n2)c1. The number of aryl methyl sites for hydroxylation is 2. The number of hydrogen-bond acceptors (Lipinski definition) is 4. The molecule has 134 valence electrons. The van der Waals surface area contributed by atoms with Crippen LogP contribution in [0.1, 0.15) is 32.0 Å². The summed E-state index contributed by atoms with van der Waals surface area (Å²) >= 11 is 3.36. The zero-order chi connectivity index (χ0) is 18.8. The Bertz CT molecular complexity index is 992. The molecule has 26 heavy (non-hydrogen) atoms. The first kappa shape index (κ1) is 17.9. The van der Waals surface area contributed by atoms with Crippen molar-refractivity contribution >= 4 is 33.6 Å². The van der Waals surface area contributed by atoms with E-state index in [1.165, 1.54) is 10.9 Å². The molecular formula is C17H16BrN5O3. The van der Waals surface area contributed by atoms with Gasteiger partial charge in [0.25, 0.3) is 5.91 Å². The zero-order valence-electron chi connectivity index (χ0n) is 14.1. The lowest BCUT2D eigenvalue weighted by atomic mass is 10.1. The minimum absolute atomic E-state index is 0.166. The van der Waals surface area contributed by atoms with Crippen LogP contribution in [0.15, 0.2) is 41.1 Å². The van der Waals surface area contributed by atoms with Gasteiger partial charge in [0.15, 0.2) is 11.5 Å². The van der Waals surface area contributed by atoms with Crippen molar-refractivity contribution in [2.24, 2.45) is 7.05 Å². The van der Waals surface area contributed by atoms with Gasteiger partial charge in [-0.05, 0) is 28.4 Å². The van der Waals surface area contributed by atoms with Gasteiger partial charge in [-0.1, -0.05) is 29.8 Å². The van der Waals surface area contributed by atoms with E-state index in [1.54, 1.807) is 17.9 Å². The number of carboxylic acid groups (broad SMARTS) is 1. The van der Waals surface area contributed by atoms with Crippen LogP contribution < -0.4 is 5.32 Å². The molecule has 2 aromatic heterocycles. The number of carbonyl (C=O) groups excluding carboxylic acids is 1. The van der Waals surface area contributed by atoms with Crippen molar-refractivity contribution in [1.82, 2.24) is 19.6 Å². The van der Waals surface area contributed by atoms with Crippen molar-refractivity contribution in [2.45, 2.75) is 13.5 Å².